The van der Waals surface area contributed by atoms with Crippen molar-refractivity contribution in [1.82, 2.24) is 19.1 Å². The van der Waals surface area contributed by atoms with Crippen LogP contribution in [0.1, 0.15) is 45.1 Å². The van der Waals surface area contributed by atoms with E-state index >= 15 is 0 Å². The molecular weight excluding hydrogens is 400 g/mol. The fourth-order valence-corrected chi connectivity index (χ4v) is 3.07. The number of nitrogens with zero attached hydrogens (tertiary/aromatic N) is 4. The van der Waals surface area contributed by atoms with Gasteiger partial charge in [0.2, 0.25) is 5.78 Å². The Labute approximate surface area is 187 Å². The summed E-state index contributed by atoms with van der Waals surface area (Å²) in [6.45, 7) is 0. The van der Waals surface area contributed by atoms with Crippen molar-refractivity contribution >= 4 is 5.78 Å². The number of imidazole rings is 2. The highest BCUT2D eigenvalue weighted by atomic mass is 16.3. The van der Waals surface area contributed by atoms with Crippen LogP contribution in [0.3, 0.4) is 0 Å². The van der Waals surface area contributed by atoms with E-state index < -0.39 is 6.10 Å². The maximum absolute atomic E-state index is 12.0. The lowest BCUT2D eigenvalue weighted by molar-refractivity contribution is 0.102. The molecule has 0 saturated carbocycles. The van der Waals surface area contributed by atoms with E-state index in [0.29, 0.717) is 28.6 Å². The normalized spacial score (nSPS) is 10.9. The minimum atomic E-state index is -0.742. The Morgan fingerprint density at radius 2 is 1.41 bits per heavy atom. The third kappa shape index (κ3) is 4.67. The number of carbonyl (C=O) groups is 1. The van der Waals surface area contributed by atoms with E-state index in [-0.39, 0.29) is 5.78 Å². The molecule has 0 radical (unpaired) electrons. The van der Waals surface area contributed by atoms with E-state index in [0.717, 1.165) is 5.56 Å². The number of rotatable bonds is 4. The fraction of sp³-hybridized carbons (Fsp3) is 0.115. The van der Waals surface area contributed by atoms with Crippen LogP contribution in [0.25, 0.3) is 0 Å². The zero-order valence-corrected chi connectivity index (χ0v) is 17.8. The van der Waals surface area contributed by atoms with Gasteiger partial charge in [0.25, 0.3) is 0 Å². The second kappa shape index (κ2) is 10.1. The molecule has 1 N–H and O–H groups in total. The molecule has 0 saturated heterocycles. The summed E-state index contributed by atoms with van der Waals surface area (Å²) < 4.78 is 3.34. The molecule has 0 spiro atoms. The van der Waals surface area contributed by atoms with Crippen LogP contribution in [0.4, 0.5) is 0 Å². The van der Waals surface area contributed by atoms with Crippen LogP contribution >= 0.6 is 0 Å². The first-order chi connectivity index (χ1) is 15.5. The number of ketones is 1. The third-order valence-corrected chi connectivity index (χ3v) is 4.91. The van der Waals surface area contributed by atoms with Gasteiger partial charge < -0.3 is 14.2 Å². The van der Waals surface area contributed by atoms with Crippen molar-refractivity contribution in [2.45, 2.75) is 6.10 Å². The van der Waals surface area contributed by atoms with Gasteiger partial charge in [-0.25, -0.2) is 9.97 Å². The summed E-state index contributed by atoms with van der Waals surface area (Å²) in [4.78, 5) is 20.2. The number of aliphatic hydroxyl groups is 1. The van der Waals surface area contributed by atoms with E-state index in [9.17, 15) is 9.90 Å². The lowest BCUT2D eigenvalue weighted by Crippen LogP contribution is -2.09. The van der Waals surface area contributed by atoms with Gasteiger partial charge in [0, 0.05) is 19.7 Å². The summed E-state index contributed by atoms with van der Waals surface area (Å²) in [6.07, 6.45) is 13.0. The van der Waals surface area contributed by atoms with E-state index in [1.807, 2.05) is 48.5 Å². The summed E-state index contributed by atoms with van der Waals surface area (Å²) in [5.41, 5.74) is 2.67. The molecular formula is C26H22N4O2. The van der Waals surface area contributed by atoms with Crippen LogP contribution in [0.5, 0.6) is 0 Å². The van der Waals surface area contributed by atoms with Crippen molar-refractivity contribution in [2.75, 3.05) is 0 Å². The molecule has 0 amide bonds. The molecule has 158 valence electrons. The average molecular weight is 422 g/mol. The maximum atomic E-state index is 12.0. The monoisotopic (exact) mass is 422 g/mol. The molecule has 0 fully saturated rings. The highest BCUT2D eigenvalue weighted by molar-refractivity contribution is 6.06. The summed E-state index contributed by atoms with van der Waals surface area (Å²) >= 11 is 0. The van der Waals surface area contributed by atoms with E-state index in [2.05, 4.69) is 21.8 Å². The van der Waals surface area contributed by atoms with Crippen LogP contribution in [-0.4, -0.2) is 30.0 Å². The van der Waals surface area contributed by atoms with Gasteiger partial charge in [-0.05, 0) is 5.56 Å². The zero-order valence-electron chi connectivity index (χ0n) is 17.8. The van der Waals surface area contributed by atoms with Crippen molar-refractivity contribution in [1.29, 1.82) is 0 Å². The molecule has 0 aliphatic rings. The summed E-state index contributed by atoms with van der Waals surface area (Å²) in [6, 6.07) is 18.4. The molecule has 0 aliphatic heterocycles. The van der Waals surface area contributed by atoms with Crippen LogP contribution in [0.2, 0.25) is 0 Å². The van der Waals surface area contributed by atoms with Gasteiger partial charge >= 0.3 is 0 Å². The topological polar surface area (TPSA) is 72.9 Å². The second-order valence-electron chi connectivity index (χ2n) is 6.88. The number of aliphatic hydroxyl groups excluding tert-OH is 1. The molecule has 2 aromatic carbocycles. The van der Waals surface area contributed by atoms with Gasteiger partial charge in [-0.3, -0.25) is 4.79 Å². The van der Waals surface area contributed by atoms with Crippen molar-refractivity contribution in [3.8, 4) is 24.7 Å². The van der Waals surface area contributed by atoms with E-state index in [1.54, 1.807) is 41.6 Å². The highest BCUT2D eigenvalue weighted by Gasteiger charge is 2.16. The molecule has 6 nitrogen and oxygen atoms in total. The standard InChI is InChI=1S/C13H12N2O.C13H10N2O/c2*1-3-11-9-14-13(15(11)2)12(16)10-7-5-4-6-8-10/h1,4-9,12,16H,2H3;1,4-9H,2H3. The summed E-state index contributed by atoms with van der Waals surface area (Å²) in [7, 11) is 3.53. The van der Waals surface area contributed by atoms with Crippen molar-refractivity contribution < 1.29 is 9.90 Å². The molecule has 32 heavy (non-hydrogen) atoms. The quantitative estimate of drug-likeness (QED) is 0.405. The SMILES string of the molecule is C#Cc1cnc(C(=O)c2ccccc2)n1C.C#Cc1cnc(C(O)c2ccccc2)n1C. The van der Waals surface area contributed by atoms with Gasteiger partial charge in [0.05, 0.1) is 12.4 Å². The first kappa shape index (κ1) is 22.3. The van der Waals surface area contributed by atoms with Crippen molar-refractivity contribution in [3.05, 3.63) is 107 Å². The largest absolute Gasteiger partial charge is 0.380 e. The maximum Gasteiger partial charge on any atom is 0.228 e. The molecule has 0 bridgehead atoms. The van der Waals surface area contributed by atoms with Crippen LogP contribution in [0, 0.1) is 24.7 Å². The van der Waals surface area contributed by atoms with Gasteiger partial charge in [0.15, 0.2) is 5.82 Å². The second-order valence-corrected chi connectivity index (χ2v) is 6.88. The van der Waals surface area contributed by atoms with Gasteiger partial charge in [0.1, 0.15) is 23.3 Å². The molecule has 1 unspecified atom stereocenters. The predicted molar refractivity (Wildman–Crippen MR) is 123 cm³/mol. The zero-order chi connectivity index (χ0) is 23.1. The fourth-order valence-electron chi connectivity index (χ4n) is 3.07. The van der Waals surface area contributed by atoms with Crippen LogP contribution in [0.15, 0.2) is 73.1 Å². The number of hydrogen-bond donors (Lipinski definition) is 1. The van der Waals surface area contributed by atoms with Gasteiger partial charge in [-0.15, -0.1) is 12.8 Å². The lowest BCUT2D eigenvalue weighted by Gasteiger charge is -2.10. The number of hydrogen-bond acceptors (Lipinski definition) is 4. The first-order valence-electron chi connectivity index (χ1n) is 9.77. The third-order valence-electron chi connectivity index (χ3n) is 4.91. The lowest BCUT2D eigenvalue weighted by atomic mass is 10.1. The Hall–Kier alpha value is -4.39. The van der Waals surface area contributed by atoms with E-state index in [1.165, 1.54) is 6.20 Å². The molecule has 2 aromatic heterocycles. The van der Waals surface area contributed by atoms with Crippen molar-refractivity contribution in [3.63, 3.8) is 0 Å². The van der Waals surface area contributed by atoms with Crippen LogP contribution in [-0.2, 0) is 14.1 Å². The Morgan fingerprint density at radius 3 is 1.94 bits per heavy atom. The predicted octanol–water partition coefficient (Wildman–Crippen LogP) is 3.12. The Kier molecular flexibility index (Phi) is 7.02. The Balaban J connectivity index is 0.000000181. The van der Waals surface area contributed by atoms with Crippen molar-refractivity contribution in [2.24, 2.45) is 14.1 Å². The Bertz CT molecular complexity index is 1290. The van der Waals surface area contributed by atoms with Gasteiger partial charge in [-0.2, -0.15) is 0 Å². The molecule has 4 aromatic rings. The number of terminal acetylenes is 2. The van der Waals surface area contributed by atoms with Crippen LogP contribution < -0.4 is 0 Å². The van der Waals surface area contributed by atoms with Gasteiger partial charge in [-0.1, -0.05) is 72.5 Å². The summed E-state index contributed by atoms with van der Waals surface area (Å²) in [5, 5.41) is 10.1. The smallest absolute Gasteiger partial charge is 0.228 e. The number of carbonyl (C=O) groups excluding carboxylic acids is 1. The highest BCUT2D eigenvalue weighted by Crippen LogP contribution is 2.20. The molecule has 6 heteroatoms. The Morgan fingerprint density at radius 1 is 0.875 bits per heavy atom. The number of benzene rings is 2. The molecule has 2 heterocycles. The average Bonchev–Trinajstić information content (AvgIpc) is 3.41. The molecule has 1 atom stereocenters. The first-order valence-corrected chi connectivity index (χ1v) is 9.77. The minimum absolute atomic E-state index is 0.121. The summed E-state index contributed by atoms with van der Waals surface area (Å²) in [5.74, 6) is 5.78. The molecule has 4 rings (SSSR count). The molecule has 0 aliphatic carbocycles. The number of aromatic nitrogens is 4. The van der Waals surface area contributed by atoms with E-state index in [4.69, 9.17) is 12.8 Å². The minimum Gasteiger partial charge on any atom is -0.380 e.